The number of hydrogen-bond donors (Lipinski definition) is 1. The summed E-state index contributed by atoms with van der Waals surface area (Å²) in [6.07, 6.45) is 4.25. The third-order valence-electron chi connectivity index (χ3n) is 3.20. The molecule has 110 valence electrons. The monoisotopic (exact) mass is 271 g/mol. The summed E-state index contributed by atoms with van der Waals surface area (Å²) in [6.45, 7) is 6.19. The van der Waals surface area contributed by atoms with Crippen LogP contribution in [0.3, 0.4) is 0 Å². The van der Waals surface area contributed by atoms with Crippen molar-refractivity contribution in [2.45, 2.75) is 70.9 Å². The van der Waals surface area contributed by atoms with E-state index in [0.717, 1.165) is 25.7 Å². The highest BCUT2D eigenvalue weighted by Gasteiger charge is 2.29. The largest absolute Gasteiger partial charge is 0.481 e. The van der Waals surface area contributed by atoms with Gasteiger partial charge in [0, 0.05) is 19.0 Å². The Hall–Kier alpha value is -1.26. The molecular weight excluding hydrogens is 246 g/mol. The number of nitrogens with zero attached hydrogens (tertiary/aromatic N) is 1. The lowest BCUT2D eigenvalue weighted by atomic mass is 10.0. The number of ether oxygens (including phenoxy) is 1. The Kier molecular flexibility index (Phi) is 5.63. The van der Waals surface area contributed by atoms with Crippen LogP contribution < -0.4 is 0 Å². The van der Waals surface area contributed by atoms with Crippen LogP contribution in [0, 0.1) is 0 Å². The number of carboxylic acid groups (broad SMARTS) is 1. The summed E-state index contributed by atoms with van der Waals surface area (Å²) in [5.41, 5.74) is -0.513. The number of likely N-dealkylation sites (tertiary alicyclic amines) is 1. The van der Waals surface area contributed by atoms with Gasteiger partial charge >= 0.3 is 12.1 Å². The van der Waals surface area contributed by atoms with Crippen molar-refractivity contribution in [1.29, 1.82) is 0 Å². The Morgan fingerprint density at radius 2 is 1.95 bits per heavy atom. The molecule has 1 unspecified atom stereocenters. The summed E-state index contributed by atoms with van der Waals surface area (Å²) in [7, 11) is 0. The molecule has 0 aliphatic carbocycles. The van der Waals surface area contributed by atoms with Gasteiger partial charge in [-0.15, -0.1) is 0 Å². The Labute approximate surface area is 114 Å². The molecule has 1 rings (SSSR count). The van der Waals surface area contributed by atoms with E-state index in [4.69, 9.17) is 9.84 Å². The summed E-state index contributed by atoms with van der Waals surface area (Å²) in [5.74, 6) is -0.812. The zero-order valence-electron chi connectivity index (χ0n) is 12.1. The molecule has 1 saturated heterocycles. The van der Waals surface area contributed by atoms with Crippen LogP contribution in [0.25, 0.3) is 0 Å². The van der Waals surface area contributed by atoms with Gasteiger partial charge in [0.25, 0.3) is 0 Å². The first-order chi connectivity index (χ1) is 8.79. The lowest BCUT2D eigenvalue weighted by Crippen LogP contribution is -2.43. The second kappa shape index (κ2) is 6.78. The van der Waals surface area contributed by atoms with E-state index in [1.165, 1.54) is 0 Å². The van der Waals surface area contributed by atoms with Gasteiger partial charge in [-0.1, -0.05) is 12.8 Å². The van der Waals surface area contributed by atoms with Crippen LogP contribution in [-0.2, 0) is 9.53 Å². The smallest absolute Gasteiger partial charge is 0.410 e. The first-order valence-electron chi connectivity index (χ1n) is 7.01. The predicted octanol–water partition coefficient (Wildman–Crippen LogP) is 3.03. The Bertz CT molecular complexity index is 322. The molecule has 0 spiro atoms. The van der Waals surface area contributed by atoms with Crippen molar-refractivity contribution < 1.29 is 19.4 Å². The maximum absolute atomic E-state index is 12.2. The molecule has 5 nitrogen and oxygen atoms in total. The fourth-order valence-corrected chi connectivity index (χ4v) is 2.33. The molecule has 1 aliphatic heterocycles. The molecule has 0 radical (unpaired) electrons. The number of carbonyl (C=O) groups is 2. The molecule has 5 heteroatoms. The van der Waals surface area contributed by atoms with Gasteiger partial charge < -0.3 is 14.7 Å². The lowest BCUT2D eigenvalue weighted by Gasteiger charge is -2.32. The molecule has 1 fully saturated rings. The van der Waals surface area contributed by atoms with E-state index in [1.807, 2.05) is 20.8 Å². The minimum atomic E-state index is -0.812. The van der Waals surface area contributed by atoms with Crippen molar-refractivity contribution in [3.63, 3.8) is 0 Å². The maximum atomic E-state index is 12.2. The minimum Gasteiger partial charge on any atom is -0.481 e. The fraction of sp³-hybridized carbons (Fsp3) is 0.857. The summed E-state index contributed by atoms with van der Waals surface area (Å²) in [6, 6.07) is -0.00606. The normalized spacial score (nSPS) is 20.8. The quantitative estimate of drug-likeness (QED) is 0.856. The number of rotatable bonds is 3. The standard InChI is InChI=1S/C14H25NO4/c1-14(2,3)19-13(18)15-10-6-4-5-7-11(15)8-9-12(16)17/h11H,4-10H2,1-3H3,(H,16,17). The van der Waals surface area contributed by atoms with Crippen molar-refractivity contribution in [3.8, 4) is 0 Å². The first kappa shape index (κ1) is 15.8. The maximum Gasteiger partial charge on any atom is 0.410 e. The third kappa shape index (κ3) is 5.94. The minimum absolute atomic E-state index is 0.00606. The molecule has 1 aliphatic rings. The molecule has 0 aromatic heterocycles. The summed E-state index contributed by atoms with van der Waals surface area (Å²) < 4.78 is 5.41. The van der Waals surface area contributed by atoms with E-state index in [2.05, 4.69) is 0 Å². The van der Waals surface area contributed by atoms with Crippen molar-refractivity contribution in [1.82, 2.24) is 4.90 Å². The van der Waals surface area contributed by atoms with Crippen LogP contribution >= 0.6 is 0 Å². The molecule has 1 N–H and O–H groups in total. The first-order valence-corrected chi connectivity index (χ1v) is 7.01. The molecule has 19 heavy (non-hydrogen) atoms. The highest BCUT2D eigenvalue weighted by molar-refractivity contribution is 5.69. The summed E-state index contributed by atoms with van der Waals surface area (Å²) >= 11 is 0. The average molecular weight is 271 g/mol. The van der Waals surface area contributed by atoms with Gasteiger partial charge in [0.05, 0.1) is 0 Å². The Balaban J connectivity index is 2.67. The SMILES string of the molecule is CC(C)(C)OC(=O)N1CCCCCC1CCC(=O)O. The highest BCUT2D eigenvalue weighted by atomic mass is 16.6. The molecule has 1 atom stereocenters. The van der Waals surface area contributed by atoms with Crippen LogP contribution in [0.4, 0.5) is 4.79 Å². The number of aliphatic carboxylic acids is 1. The van der Waals surface area contributed by atoms with E-state index in [-0.39, 0.29) is 18.6 Å². The molecule has 1 heterocycles. The van der Waals surface area contributed by atoms with E-state index >= 15 is 0 Å². The molecule has 0 aromatic rings. The van der Waals surface area contributed by atoms with Crippen LogP contribution in [0.2, 0.25) is 0 Å². The summed E-state index contributed by atoms with van der Waals surface area (Å²) in [4.78, 5) is 24.6. The van der Waals surface area contributed by atoms with Crippen LogP contribution in [0.15, 0.2) is 0 Å². The number of amides is 1. The lowest BCUT2D eigenvalue weighted by molar-refractivity contribution is -0.137. The Morgan fingerprint density at radius 1 is 1.26 bits per heavy atom. The van der Waals surface area contributed by atoms with Gasteiger partial charge in [0.1, 0.15) is 5.60 Å². The van der Waals surface area contributed by atoms with E-state index < -0.39 is 11.6 Å². The van der Waals surface area contributed by atoms with Gasteiger partial charge in [0.2, 0.25) is 0 Å². The van der Waals surface area contributed by atoms with Crippen molar-refractivity contribution in [3.05, 3.63) is 0 Å². The Morgan fingerprint density at radius 3 is 2.53 bits per heavy atom. The van der Waals surface area contributed by atoms with Crippen molar-refractivity contribution >= 4 is 12.1 Å². The van der Waals surface area contributed by atoms with Gasteiger partial charge in [-0.05, 0) is 40.0 Å². The van der Waals surface area contributed by atoms with Crippen LogP contribution in [0.1, 0.15) is 59.3 Å². The van der Waals surface area contributed by atoms with Gasteiger partial charge in [-0.3, -0.25) is 4.79 Å². The zero-order chi connectivity index (χ0) is 14.5. The van der Waals surface area contributed by atoms with Crippen molar-refractivity contribution in [2.24, 2.45) is 0 Å². The second-order valence-corrected chi connectivity index (χ2v) is 6.11. The molecule has 1 amide bonds. The molecule has 0 bridgehead atoms. The summed E-state index contributed by atoms with van der Waals surface area (Å²) in [5, 5.41) is 8.79. The fourth-order valence-electron chi connectivity index (χ4n) is 2.33. The number of hydrogen-bond acceptors (Lipinski definition) is 3. The van der Waals surface area contributed by atoms with E-state index in [1.54, 1.807) is 4.90 Å². The van der Waals surface area contributed by atoms with Crippen LogP contribution in [0.5, 0.6) is 0 Å². The highest BCUT2D eigenvalue weighted by Crippen LogP contribution is 2.22. The number of carbonyl (C=O) groups excluding carboxylic acids is 1. The van der Waals surface area contributed by atoms with Crippen molar-refractivity contribution in [2.75, 3.05) is 6.54 Å². The average Bonchev–Trinajstić information content (AvgIpc) is 2.48. The topological polar surface area (TPSA) is 66.8 Å². The third-order valence-corrected chi connectivity index (χ3v) is 3.20. The van der Waals surface area contributed by atoms with E-state index in [9.17, 15) is 9.59 Å². The number of carboxylic acids is 1. The van der Waals surface area contributed by atoms with E-state index in [0.29, 0.717) is 13.0 Å². The zero-order valence-corrected chi connectivity index (χ0v) is 12.1. The van der Waals surface area contributed by atoms with Crippen LogP contribution in [-0.4, -0.2) is 40.3 Å². The van der Waals surface area contributed by atoms with Gasteiger partial charge in [-0.25, -0.2) is 4.79 Å². The molecule has 0 saturated carbocycles. The van der Waals surface area contributed by atoms with Gasteiger partial charge in [0.15, 0.2) is 0 Å². The molecular formula is C14H25NO4. The predicted molar refractivity (Wildman–Crippen MR) is 72.1 cm³/mol. The van der Waals surface area contributed by atoms with Gasteiger partial charge in [-0.2, -0.15) is 0 Å². The molecule has 0 aromatic carbocycles. The second-order valence-electron chi connectivity index (χ2n) is 6.11.